The lowest BCUT2D eigenvalue weighted by atomic mass is 10.3. The van der Waals surface area contributed by atoms with Crippen molar-refractivity contribution in [1.29, 1.82) is 0 Å². The normalized spacial score (nSPS) is 9.80. The van der Waals surface area contributed by atoms with Gasteiger partial charge in [-0.25, -0.2) is 0 Å². The van der Waals surface area contributed by atoms with E-state index in [4.69, 9.17) is 5.11 Å². The van der Waals surface area contributed by atoms with Gasteiger partial charge in [-0.2, -0.15) is 5.10 Å². The number of carbonyl (C=O) groups excluding carboxylic acids is 1. The highest BCUT2D eigenvalue weighted by molar-refractivity contribution is 5.94. The Hall–Kier alpha value is -1.32. The van der Waals surface area contributed by atoms with E-state index in [1.165, 1.54) is 17.8 Å². The van der Waals surface area contributed by atoms with Gasteiger partial charge in [0.05, 0.1) is 6.20 Å². The summed E-state index contributed by atoms with van der Waals surface area (Å²) < 4.78 is 1.34. The summed E-state index contributed by atoms with van der Waals surface area (Å²) >= 11 is 0. The molecular formula is C6H8N2O2. The minimum absolute atomic E-state index is 0.0602. The van der Waals surface area contributed by atoms with E-state index in [9.17, 15) is 4.79 Å². The fourth-order valence-electron chi connectivity index (χ4n) is 0.834. The number of aromatic nitrogens is 2. The summed E-state index contributed by atoms with van der Waals surface area (Å²) in [5.74, 6) is -0.243. The van der Waals surface area contributed by atoms with Gasteiger partial charge in [0.1, 0.15) is 5.69 Å². The smallest absolute Gasteiger partial charge is 0.181 e. The maximum absolute atomic E-state index is 10.7. The molecule has 1 N–H and O–H groups in total. The molecule has 0 aliphatic heterocycles. The Bertz CT molecular complexity index is 245. The van der Waals surface area contributed by atoms with Gasteiger partial charge in [-0.1, -0.05) is 0 Å². The molecule has 4 nitrogen and oxygen atoms in total. The molecule has 1 aromatic heterocycles. The molecule has 0 aromatic carbocycles. The van der Waals surface area contributed by atoms with Crippen LogP contribution >= 0.6 is 0 Å². The summed E-state index contributed by atoms with van der Waals surface area (Å²) in [5, 5.41) is 12.7. The molecule has 0 unspecified atom stereocenters. The Labute approximate surface area is 58.1 Å². The van der Waals surface area contributed by atoms with E-state index in [0.717, 1.165) is 0 Å². The maximum Gasteiger partial charge on any atom is 0.181 e. The van der Waals surface area contributed by atoms with Crippen LogP contribution in [0.3, 0.4) is 0 Å². The van der Waals surface area contributed by atoms with Gasteiger partial charge in [-0.05, 0) is 0 Å². The third-order valence-corrected chi connectivity index (χ3v) is 1.25. The zero-order valence-electron chi connectivity index (χ0n) is 5.83. The molecule has 0 spiro atoms. The highest BCUT2D eigenvalue weighted by Gasteiger charge is 2.10. The molecule has 0 radical (unpaired) electrons. The van der Waals surface area contributed by atoms with Crippen LogP contribution in [0.4, 0.5) is 0 Å². The number of hydrogen-bond acceptors (Lipinski definition) is 3. The van der Waals surface area contributed by atoms with Gasteiger partial charge in [0.25, 0.3) is 0 Å². The van der Waals surface area contributed by atoms with E-state index >= 15 is 0 Å². The number of rotatable bonds is 1. The molecule has 0 amide bonds. The van der Waals surface area contributed by atoms with Gasteiger partial charge >= 0.3 is 0 Å². The van der Waals surface area contributed by atoms with Crippen molar-refractivity contribution >= 4 is 5.78 Å². The van der Waals surface area contributed by atoms with E-state index in [-0.39, 0.29) is 17.2 Å². The van der Waals surface area contributed by atoms with Crippen LogP contribution in [0.15, 0.2) is 6.20 Å². The predicted molar refractivity (Wildman–Crippen MR) is 34.9 cm³/mol. The fourth-order valence-corrected chi connectivity index (χ4v) is 0.834. The van der Waals surface area contributed by atoms with Crippen LogP contribution in [0, 0.1) is 0 Å². The van der Waals surface area contributed by atoms with E-state index in [0.29, 0.717) is 0 Å². The number of aryl methyl sites for hydroxylation is 1. The van der Waals surface area contributed by atoms with Crippen molar-refractivity contribution in [3.8, 4) is 5.75 Å². The van der Waals surface area contributed by atoms with Crippen molar-refractivity contribution < 1.29 is 9.90 Å². The molecule has 1 heterocycles. The van der Waals surface area contributed by atoms with Crippen molar-refractivity contribution in [2.75, 3.05) is 0 Å². The van der Waals surface area contributed by atoms with Crippen molar-refractivity contribution in [2.45, 2.75) is 6.92 Å². The average Bonchev–Trinajstić information content (AvgIpc) is 2.11. The highest BCUT2D eigenvalue weighted by Crippen LogP contribution is 2.14. The van der Waals surface area contributed by atoms with Gasteiger partial charge < -0.3 is 5.11 Å². The third kappa shape index (κ3) is 0.877. The molecule has 0 bridgehead atoms. The Kier molecular flexibility index (Phi) is 1.45. The number of ketones is 1. The maximum atomic E-state index is 10.7. The van der Waals surface area contributed by atoms with Crippen LogP contribution in [0.5, 0.6) is 5.75 Å². The molecule has 0 aliphatic carbocycles. The zero-order valence-corrected chi connectivity index (χ0v) is 5.83. The number of aromatic hydroxyl groups is 1. The lowest BCUT2D eigenvalue weighted by Crippen LogP contribution is -2.02. The predicted octanol–water partition coefficient (Wildman–Crippen LogP) is 0.328. The summed E-state index contributed by atoms with van der Waals surface area (Å²) in [6.07, 6.45) is 1.25. The molecule has 0 aliphatic rings. The first-order valence-electron chi connectivity index (χ1n) is 2.85. The van der Waals surface area contributed by atoms with E-state index in [1.54, 1.807) is 7.05 Å². The molecule has 0 fully saturated rings. The number of nitrogens with zero attached hydrogens (tertiary/aromatic N) is 2. The molecular weight excluding hydrogens is 132 g/mol. The monoisotopic (exact) mass is 140 g/mol. The summed E-state index contributed by atoms with van der Waals surface area (Å²) in [4.78, 5) is 10.7. The van der Waals surface area contributed by atoms with Crippen LogP contribution in [0.2, 0.25) is 0 Å². The Morgan fingerprint density at radius 1 is 1.80 bits per heavy atom. The van der Waals surface area contributed by atoms with Crippen molar-refractivity contribution in [3.05, 3.63) is 11.9 Å². The van der Waals surface area contributed by atoms with Crippen LogP contribution in [0.1, 0.15) is 17.4 Å². The second kappa shape index (κ2) is 2.13. The van der Waals surface area contributed by atoms with Crippen molar-refractivity contribution in [2.24, 2.45) is 7.05 Å². The Morgan fingerprint density at radius 2 is 2.40 bits per heavy atom. The van der Waals surface area contributed by atoms with Gasteiger partial charge in [-0.3, -0.25) is 9.48 Å². The standard InChI is InChI=1S/C6H8N2O2/c1-4(9)6-5(10)3-7-8(6)2/h3,10H,1-2H3. The fraction of sp³-hybridized carbons (Fsp3) is 0.333. The zero-order chi connectivity index (χ0) is 7.72. The Balaban J connectivity index is 3.23. The number of carbonyl (C=O) groups is 1. The topological polar surface area (TPSA) is 55.1 Å². The van der Waals surface area contributed by atoms with Crippen LogP contribution in [0.25, 0.3) is 0 Å². The number of Topliss-reactive ketones (excluding diaryl/α,β-unsaturated/α-hetero) is 1. The molecule has 1 aromatic rings. The first kappa shape index (κ1) is 6.80. The first-order valence-corrected chi connectivity index (χ1v) is 2.85. The second-order valence-corrected chi connectivity index (χ2v) is 2.06. The first-order chi connectivity index (χ1) is 4.63. The summed E-state index contributed by atoms with van der Waals surface area (Å²) in [5.41, 5.74) is 0.250. The van der Waals surface area contributed by atoms with Gasteiger partial charge in [-0.15, -0.1) is 0 Å². The van der Waals surface area contributed by atoms with Crippen LogP contribution < -0.4 is 0 Å². The average molecular weight is 140 g/mol. The van der Waals surface area contributed by atoms with Crippen LogP contribution in [-0.2, 0) is 7.05 Å². The molecule has 54 valence electrons. The van der Waals surface area contributed by atoms with E-state index < -0.39 is 0 Å². The molecule has 0 saturated carbocycles. The van der Waals surface area contributed by atoms with Gasteiger partial charge in [0.15, 0.2) is 11.5 Å². The molecule has 0 atom stereocenters. The lowest BCUT2D eigenvalue weighted by Gasteiger charge is -1.94. The summed E-state index contributed by atoms with van der Waals surface area (Å²) in [6, 6.07) is 0. The minimum Gasteiger partial charge on any atom is -0.504 e. The van der Waals surface area contributed by atoms with Crippen molar-refractivity contribution in [3.63, 3.8) is 0 Å². The molecule has 1 rings (SSSR count). The van der Waals surface area contributed by atoms with Crippen LogP contribution in [-0.4, -0.2) is 20.7 Å². The molecule has 10 heavy (non-hydrogen) atoms. The lowest BCUT2D eigenvalue weighted by molar-refractivity contribution is 0.100. The van der Waals surface area contributed by atoms with Crippen molar-refractivity contribution in [1.82, 2.24) is 9.78 Å². The summed E-state index contributed by atoms with van der Waals surface area (Å²) in [6.45, 7) is 1.39. The van der Waals surface area contributed by atoms with Gasteiger partial charge in [0.2, 0.25) is 0 Å². The highest BCUT2D eigenvalue weighted by atomic mass is 16.3. The minimum atomic E-state index is -0.183. The third-order valence-electron chi connectivity index (χ3n) is 1.25. The SMILES string of the molecule is CC(=O)c1c(O)cnn1C. The Morgan fingerprint density at radius 3 is 2.60 bits per heavy atom. The summed E-state index contributed by atoms with van der Waals surface area (Å²) in [7, 11) is 1.61. The molecule has 0 saturated heterocycles. The second-order valence-electron chi connectivity index (χ2n) is 2.06. The van der Waals surface area contributed by atoms with E-state index in [2.05, 4.69) is 5.10 Å². The van der Waals surface area contributed by atoms with Gasteiger partial charge in [0, 0.05) is 14.0 Å². The largest absolute Gasteiger partial charge is 0.504 e. The molecule has 4 heteroatoms. The van der Waals surface area contributed by atoms with E-state index in [1.807, 2.05) is 0 Å². The number of hydrogen-bond donors (Lipinski definition) is 1. The quantitative estimate of drug-likeness (QED) is 0.572.